The van der Waals surface area contributed by atoms with E-state index in [0.29, 0.717) is 0 Å². The summed E-state index contributed by atoms with van der Waals surface area (Å²) in [5, 5.41) is 9.94. The molecule has 0 spiro atoms. The number of hydrogen-bond acceptors (Lipinski definition) is 2. The lowest BCUT2D eigenvalue weighted by molar-refractivity contribution is 0.123. The number of nitrogens with zero attached hydrogens (tertiary/aromatic N) is 1. The van der Waals surface area contributed by atoms with Crippen molar-refractivity contribution in [3.63, 3.8) is 0 Å². The summed E-state index contributed by atoms with van der Waals surface area (Å²) in [6.45, 7) is 4.33. The Labute approximate surface area is 140 Å². The third kappa shape index (κ3) is 13.3. The summed E-state index contributed by atoms with van der Waals surface area (Å²) in [5.41, 5.74) is 0. The van der Waals surface area contributed by atoms with Gasteiger partial charge in [0.05, 0.1) is 6.10 Å². The van der Waals surface area contributed by atoms with Gasteiger partial charge in [0.2, 0.25) is 0 Å². The Hall–Kier alpha value is -0.340. The van der Waals surface area contributed by atoms with E-state index in [-0.39, 0.29) is 12.1 Å². The Kier molecular flexibility index (Phi) is 15.3. The molecule has 0 saturated heterocycles. The molecular formula is C20H41NO. The number of aliphatic hydroxyl groups excluding tert-OH is 1. The molecule has 2 heteroatoms. The van der Waals surface area contributed by atoms with Crippen molar-refractivity contribution >= 4 is 0 Å². The summed E-state index contributed by atoms with van der Waals surface area (Å²) in [7, 11) is 4.01. The Morgan fingerprint density at radius 3 is 1.73 bits per heavy atom. The van der Waals surface area contributed by atoms with Crippen molar-refractivity contribution in [1.29, 1.82) is 0 Å². The van der Waals surface area contributed by atoms with Crippen molar-refractivity contribution in [2.45, 2.75) is 103 Å². The average molecular weight is 312 g/mol. The maximum absolute atomic E-state index is 9.94. The Morgan fingerprint density at radius 2 is 1.27 bits per heavy atom. The number of unbranched alkanes of at least 4 members (excludes halogenated alkanes) is 11. The highest BCUT2D eigenvalue weighted by Gasteiger charge is 2.11. The van der Waals surface area contributed by atoms with Gasteiger partial charge in [0.1, 0.15) is 0 Å². The summed E-state index contributed by atoms with van der Waals surface area (Å²) in [5.74, 6) is 0. The summed E-state index contributed by atoms with van der Waals surface area (Å²) in [6.07, 6.45) is 20.1. The third-order valence-corrected chi connectivity index (χ3v) is 4.62. The van der Waals surface area contributed by atoms with Gasteiger partial charge in [-0.05, 0) is 33.9 Å². The summed E-state index contributed by atoms with van der Waals surface area (Å²) < 4.78 is 0. The second kappa shape index (κ2) is 15.6. The highest BCUT2D eigenvalue weighted by atomic mass is 16.3. The molecule has 0 heterocycles. The molecule has 0 amide bonds. The number of likely N-dealkylation sites (N-methyl/N-ethyl adjacent to an activating group) is 1. The number of aliphatic hydroxyl groups is 1. The first-order valence-corrected chi connectivity index (χ1v) is 9.60. The molecular weight excluding hydrogens is 270 g/mol. The topological polar surface area (TPSA) is 23.5 Å². The van der Waals surface area contributed by atoms with Gasteiger partial charge in [0, 0.05) is 6.04 Å². The maximum Gasteiger partial charge on any atom is 0.0873 e. The lowest BCUT2D eigenvalue weighted by atomic mass is 10.0. The van der Waals surface area contributed by atoms with Crippen LogP contribution in [0.25, 0.3) is 0 Å². The Morgan fingerprint density at radius 1 is 0.818 bits per heavy atom. The van der Waals surface area contributed by atoms with Crippen LogP contribution in [0.3, 0.4) is 0 Å². The Balaban J connectivity index is 3.29. The molecule has 0 radical (unpaired) electrons. The quantitative estimate of drug-likeness (QED) is 0.316. The van der Waals surface area contributed by atoms with Gasteiger partial charge in [-0.1, -0.05) is 83.3 Å². The van der Waals surface area contributed by atoms with Gasteiger partial charge < -0.3 is 10.0 Å². The van der Waals surface area contributed by atoms with Gasteiger partial charge in [-0.2, -0.15) is 0 Å². The molecule has 0 rings (SSSR count). The van der Waals surface area contributed by atoms with Crippen LogP contribution in [0.2, 0.25) is 0 Å². The lowest BCUT2D eigenvalue weighted by Gasteiger charge is -2.22. The fraction of sp³-hybridized carbons (Fsp3) is 0.900. The molecule has 0 saturated carbocycles. The summed E-state index contributed by atoms with van der Waals surface area (Å²) in [4.78, 5) is 2.05. The molecule has 2 nitrogen and oxygen atoms in total. The second-order valence-electron chi connectivity index (χ2n) is 6.95. The number of rotatable bonds is 15. The zero-order chi connectivity index (χ0) is 16.6. The maximum atomic E-state index is 9.94. The van der Waals surface area contributed by atoms with E-state index in [9.17, 15) is 5.11 Å². The van der Waals surface area contributed by atoms with Crippen LogP contribution < -0.4 is 0 Å². The van der Waals surface area contributed by atoms with Gasteiger partial charge in [0.15, 0.2) is 0 Å². The molecule has 0 aliphatic heterocycles. The number of allylic oxidation sites excluding steroid dienone is 1. The molecule has 1 N–H and O–H groups in total. The highest BCUT2D eigenvalue weighted by Crippen LogP contribution is 2.12. The van der Waals surface area contributed by atoms with Crippen molar-refractivity contribution < 1.29 is 5.11 Å². The molecule has 0 aromatic carbocycles. The molecule has 2 unspecified atom stereocenters. The molecule has 0 aliphatic rings. The van der Waals surface area contributed by atoms with Crippen molar-refractivity contribution in [2.24, 2.45) is 0 Å². The summed E-state index contributed by atoms with van der Waals surface area (Å²) >= 11 is 0. The van der Waals surface area contributed by atoms with Crippen LogP contribution in [0.1, 0.15) is 90.9 Å². The fourth-order valence-corrected chi connectivity index (χ4v) is 2.63. The van der Waals surface area contributed by atoms with Gasteiger partial charge >= 0.3 is 0 Å². The van der Waals surface area contributed by atoms with E-state index in [1.807, 2.05) is 20.2 Å². The van der Waals surface area contributed by atoms with Crippen LogP contribution >= 0.6 is 0 Å². The SMILES string of the molecule is CCCCCCCCCCCCC/C=C/C(O)C(C)N(C)C. The normalized spacial score (nSPS) is 14.8. The first kappa shape index (κ1) is 21.7. The molecule has 2 atom stereocenters. The van der Waals surface area contributed by atoms with Crippen molar-refractivity contribution in [3.05, 3.63) is 12.2 Å². The van der Waals surface area contributed by atoms with Gasteiger partial charge in [-0.15, -0.1) is 0 Å². The molecule has 0 fully saturated rings. The second-order valence-corrected chi connectivity index (χ2v) is 6.95. The van der Waals surface area contributed by atoms with Crippen LogP contribution in [0.5, 0.6) is 0 Å². The minimum absolute atomic E-state index is 0.188. The predicted octanol–water partition coefficient (Wildman–Crippen LogP) is 5.55. The van der Waals surface area contributed by atoms with E-state index in [0.717, 1.165) is 6.42 Å². The van der Waals surface area contributed by atoms with E-state index in [1.165, 1.54) is 70.6 Å². The van der Waals surface area contributed by atoms with Crippen LogP contribution in [-0.2, 0) is 0 Å². The standard InChI is InChI=1S/C20H41NO/c1-5-6-7-8-9-10-11-12-13-14-15-16-17-18-20(22)19(2)21(3)4/h17-20,22H,5-16H2,1-4H3/b18-17+. The molecule has 22 heavy (non-hydrogen) atoms. The molecule has 132 valence electrons. The zero-order valence-electron chi connectivity index (χ0n) is 15.7. The molecule has 0 aliphatic carbocycles. The van der Waals surface area contributed by atoms with Crippen molar-refractivity contribution in [1.82, 2.24) is 4.90 Å². The van der Waals surface area contributed by atoms with Crippen molar-refractivity contribution in [2.75, 3.05) is 14.1 Å². The van der Waals surface area contributed by atoms with E-state index < -0.39 is 0 Å². The Bertz CT molecular complexity index is 250. The minimum atomic E-state index is -0.345. The highest BCUT2D eigenvalue weighted by molar-refractivity contribution is 4.93. The van der Waals surface area contributed by atoms with E-state index >= 15 is 0 Å². The van der Waals surface area contributed by atoms with Crippen LogP contribution in [0.4, 0.5) is 0 Å². The fourth-order valence-electron chi connectivity index (χ4n) is 2.63. The zero-order valence-corrected chi connectivity index (χ0v) is 15.7. The lowest BCUT2D eigenvalue weighted by Crippen LogP contribution is -2.35. The van der Waals surface area contributed by atoms with E-state index in [4.69, 9.17) is 0 Å². The minimum Gasteiger partial charge on any atom is -0.387 e. The van der Waals surface area contributed by atoms with Gasteiger partial charge in [-0.25, -0.2) is 0 Å². The smallest absolute Gasteiger partial charge is 0.0873 e. The average Bonchev–Trinajstić information content (AvgIpc) is 2.50. The molecule has 0 bridgehead atoms. The molecule has 0 aromatic rings. The number of hydrogen-bond donors (Lipinski definition) is 1. The van der Waals surface area contributed by atoms with E-state index in [1.54, 1.807) is 0 Å². The van der Waals surface area contributed by atoms with Gasteiger partial charge in [-0.3, -0.25) is 0 Å². The third-order valence-electron chi connectivity index (χ3n) is 4.62. The van der Waals surface area contributed by atoms with Crippen LogP contribution in [0.15, 0.2) is 12.2 Å². The first-order valence-electron chi connectivity index (χ1n) is 9.60. The van der Waals surface area contributed by atoms with Gasteiger partial charge in [0.25, 0.3) is 0 Å². The largest absolute Gasteiger partial charge is 0.387 e. The molecule has 0 aromatic heterocycles. The van der Waals surface area contributed by atoms with Crippen LogP contribution in [0, 0.1) is 0 Å². The predicted molar refractivity (Wildman–Crippen MR) is 99.4 cm³/mol. The van der Waals surface area contributed by atoms with Crippen molar-refractivity contribution in [3.8, 4) is 0 Å². The summed E-state index contributed by atoms with van der Waals surface area (Å²) in [6, 6.07) is 0.188. The monoisotopic (exact) mass is 311 g/mol. The van der Waals surface area contributed by atoms with Crippen LogP contribution in [-0.4, -0.2) is 36.2 Å². The van der Waals surface area contributed by atoms with E-state index in [2.05, 4.69) is 24.8 Å². The first-order chi connectivity index (χ1) is 10.6.